The van der Waals surface area contributed by atoms with Crippen LogP contribution in [0, 0.1) is 0 Å². The van der Waals surface area contributed by atoms with Crippen molar-refractivity contribution in [2.75, 3.05) is 99.0 Å². The van der Waals surface area contributed by atoms with Gasteiger partial charge < -0.3 is 61.7 Å². The predicted molar refractivity (Wildman–Crippen MR) is 354 cm³/mol. The molecule has 2 aromatic heterocycles. The Labute approximate surface area is 546 Å². The summed E-state index contributed by atoms with van der Waals surface area (Å²) in [7, 11) is 0. The highest BCUT2D eigenvalue weighted by Crippen LogP contribution is 2.37. The van der Waals surface area contributed by atoms with Crippen molar-refractivity contribution < 1.29 is 78.6 Å². The Morgan fingerprint density at radius 3 is 1.11 bits per heavy atom. The van der Waals surface area contributed by atoms with E-state index in [1.807, 2.05) is 12.1 Å². The number of carboxylic acids is 6. The maximum Gasteiger partial charge on any atom is 0.328 e. The van der Waals surface area contributed by atoms with Gasteiger partial charge in [0.2, 0.25) is 0 Å². The van der Waals surface area contributed by atoms with Crippen molar-refractivity contribution in [3.05, 3.63) is 133 Å². The van der Waals surface area contributed by atoms with Crippen molar-refractivity contribution in [1.82, 2.24) is 40.2 Å². The molecule has 2 fully saturated rings. The zero-order chi connectivity index (χ0) is 69.0. The van der Waals surface area contributed by atoms with E-state index in [9.17, 15) is 47.9 Å². The molecule has 6 amide bonds. The van der Waals surface area contributed by atoms with E-state index in [0.29, 0.717) is 107 Å². The second-order valence-corrected chi connectivity index (χ2v) is 21.8. The van der Waals surface area contributed by atoms with Crippen LogP contribution in [0.4, 0.5) is 44.0 Å². The van der Waals surface area contributed by atoms with Gasteiger partial charge in [0.25, 0.3) is 11.8 Å². The molecule has 0 aliphatic carbocycles. The number of nitrogens with one attached hydrogen (secondary N) is 4. The van der Waals surface area contributed by atoms with E-state index in [1.165, 1.54) is 74.0 Å². The van der Waals surface area contributed by atoms with Gasteiger partial charge in [0.05, 0.1) is 33.9 Å². The fourth-order valence-electron chi connectivity index (χ4n) is 10.9. The summed E-state index contributed by atoms with van der Waals surface area (Å²) in [6.07, 6.45) is 18.7. The molecule has 2 atom stereocenters. The van der Waals surface area contributed by atoms with E-state index < -0.39 is 35.8 Å². The normalized spacial score (nSPS) is 15.8. The van der Waals surface area contributed by atoms with E-state index in [4.69, 9.17) is 30.6 Å². The average Bonchev–Trinajstić information content (AvgIpc) is 1.52. The quantitative estimate of drug-likeness (QED) is 0.0296. The number of para-hydroxylation sites is 2. The molecule has 94 heavy (non-hydrogen) atoms. The summed E-state index contributed by atoms with van der Waals surface area (Å²) in [5.41, 5.74) is 3.00. The third-order valence-electron chi connectivity index (χ3n) is 14.7. The zero-order valence-electron chi connectivity index (χ0n) is 53.6. The summed E-state index contributed by atoms with van der Waals surface area (Å²) >= 11 is 0. The number of carbonyl (C=O) groups excluding carboxylic acids is 4. The summed E-state index contributed by atoms with van der Waals surface area (Å²) in [4.78, 5) is 132. The fraction of sp³-hybridized carbons (Fsp3) is 0.424. The fourth-order valence-corrected chi connectivity index (χ4v) is 10.9. The van der Waals surface area contributed by atoms with Crippen LogP contribution in [0.15, 0.2) is 122 Å². The van der Waals surface area contributed by atoms with Crippen LogP contribution in [0.5, 0.6) is 0 Å². The number of urea groups is 2. The molecule has 0 spiro atoms. The number of hydrogen-bond acceptors (Lipinski definition) is 16. The summed E-state index contributed by atoms with van der Waals surface area (Å²) in [5.74, 6) is -7.18. The highest BCUT2D eigenvalue weighted by atomic mass is 16.4. The first-order chi connectivity index (χ1) is 45.1. The van der Waals surface area contributed by atoms with Gasteiger partial charge in [-0.05, 0) is 139 Å². The number of nitrogens with zero attached hydrogens (tertiary/aromatic N) is 8. The second-order valence-electron chi connectivity index (χ2n) is 21.8. The van der Waals surface area contributed by atoms with Gasteiger partial charge in [-0.25, -0.2) is 58.1 Å². The highest BCUT2D eigenvalue weighted by molar-refractivity contribution is 6.18. The average molecular weight is 1310 g/mol. The lowest BCUT2D eigenvalue weighted by Crippen LogP contribution is -2.50. The molecule has 8 rings (SSSR count). The van der Waals surface area contributed by atoms with Crippen LogP contribution in [0.1, 0.15) is 113 Å². The lowest BCUT2D eigenvalue weighted by Gasteiger charge is -2.39. The first-order valence-corrected chi connectivity index (χ1v) is 31.3. The molecule has 508 valence electrons. The molecule has 4 aromatic rings. The smallest absolute Gasteiger partial charge is 0.328 e. The SMILES string of the molecule is CCCN(CCC)CC1CCCCN1CCNC(=O)N1c2ccccc2C(=O)Nc2cccnc21.CCCN(CCC)CC1CCCCN1CCNC(=O)N1c2ccccc2C(=O)Nc2cccnc21.O=C(O)/C=C\C(=O)O.O=C(O)/C=C\C(=O)O.O=C(O)/C=C\C(=O)O. The molecule has 10 N–H and O–H groups in total. The van der Waals surface area contributed by atoms with Crippen LogP contribution in [0.2, 0.25) is 0 Å². The van der Waals surface area contributed by atoms with Gasteiger partial charge in [0.15, 0.2) is 11.6 Å². The summed E-state index contributed by atoms with van der Waals surface area (Å²) in [5, 5.41) is 58.8. The molecule has 4 aliphatic rings. The van der Waals surface area contributed by atoms with E-state index in [1.54, 1.807) is 73.1 Å². The molecule has 0 saturated carbocycles. The van der Waals surface area contributed by atoms with Gasteiger partial charge in [0, 0.05) is 100 Å². The van der Waals surface area contributed by atoms with Gasteiger partial charge in [0.1, 0.15) is 0 Å². The van der Waals surface area contributed by atoms with Crippen molar-refractivity contribution in [2.24, 2.45) is 0 Å². The number of likely N-dealkylation sites (tertiary alicyclic amines) is 2. The monoisotopic (exact) mass is 1300 g/mol. The van der Waals surface area contributed by atoms with Crippen LogP contribution < -0.4 is 31.1 Å². The first kappa shape index (κ1) is 76.6. The Balaban J connectivity index is 0.000000297. The van der Waals surface area contributed by atoms with Gasteiger partial charge in [-0.1, -0.05) is 64.8 Å². The molecule has 2 saturated heterocycles. The summed E-state index contributed by atoms with van der Waals surface area (Å²) in [6, 6.07) is 21.8. The van der Waals surface area contributed by atoms with E-state index in [0.717, 1.165) is 65.4 Å². The Morgan fingerprint density at radius 2 is 0.798 bits per heavy atom. The maximum atomic E-state index is 13.5. The Bertz CT molecular complexity index is 2970. The second kappa shape index (κ2) is 41.6. The highest BCUT2D eigenvalue weighted by Gasteiger charge is 2.33. The largest absolute Gasteiger partial charge is 0.478 e. The molecular weight excluding hydrogens is 1220 g/mol. The Kier molecular flexibility index (Phi) is 33.8. The van der Waals surface area contributed by atoms with Crippen molar-refractivity contribution in [3.63, 3.8) is 0 Å². The van der Waals surface area contributed by atoms with Crippen LogP contribution in [-0.2, 0) is 28.8 Å². The predicted octanol–water partition coefficient (Wildman–Crippen LogP) is 8.08. The molecule has 28 heteroatoms. The van der Waals surface area contributed by atoms with Crippen LogP contribution in [-0.4, -0.2) is 211 Å². The number of aliphatic carboxylic acids is 6. The van der Waals surface area contributed by atoms with Crippen LogP contribution in [0.25, 0.3) is 0 Å². The number of anilines is 6. The van der Waals surface area contributed by atoms with E-state index in [2.05, 4.69) is 78.5 Å². The van der Waals surface area contributed by atoms with Crippen molar-refractivity contribution in [2.45, 2.75) is 104 Å². The Morgan fingerprint density at radius 1 is 0.479 bits per heavy atom. The third-order valence-corrected chi connectivity index (χ3v) is 14.7. The van der Waals surface area contributed by atoms with E-state index in [-0.39, 0.29) is 23.9 Å². The molecule has 0 radical (unpaired) electrons. The first-order valence-electron chi connectivity index (χ1n) is 31.3. The number of aromatic nitrogens is 2. The molecule has 0 bridgehead atoms. The minimum Gasteiger partial charge on any atom is -0.478 e. The number of benzene rings is 2. The number of carbonyl (C=O) groups is 10. The topological polar surface area (TPSA) is 385 Å². The molecule has 2 aromatic carbocycles. The zero-order valence-corrected chi connectivity index (χ0v) is 53.6. The number of fused-ring (bicyclic) bond motifs is 4. The number of carboxylic acid groups (broad SMARTS) is 6. The van der Waals surface area contributed by atoms with Crippen molar-refractivity contribution in [3.8, 4) is 0 Å². The van der Waals surface area contributed by atoms with Crippen LogP contribution in [0.3, 0.4) is 0 Å². The summed E-state index contributed by atoms with van der Waals surface area (Å²) < 4.78 is 0. The maximum absolute atomic E-state index is 13.5. The van der Waals surface area contributed by atoms with Crippen molar-refractivity contribution in [1.29, 1.82) is 0 Å². The standard InChI is InChI=1S/2C27H38N6O2.3C4H4O4/c2*1-3-16-31(17-4-2)20-21-10-7-8-18-32(21)19-15-29-27(35)33-24-13-6-5-11-22(24)26(34)30-23-12-9-14-28-25(23)33;3*5-3(6)1-2-4(7)8/h2*5-6,9,11-14,21H,3-4,7-8,10,15-20H2,1-2H3,(H,29,35)(H,30,34);3*1-2H,(H,5,6)(H,7,8)/b;;3*2-1-. The Hall–Kier alpha value is -9.90. The number of piperidine rings is 2. The van der Waals surface area contributed by atoms with Crippen LogP contribution >= 0.6 is 0 Å². The van der Waals surface area contributed by atoms with Gasteiger partial charge in [-0.2, -0.15) is 0 Å². The number of hydrogen-bond donors (Lipinski definition) is 10. The lowest BCUT2D eigenvalue weighted by molar-refractivity contribution is -0.134. The number of pyridine rings is 2. The molecule has 2 unspecified atom stereocenters. The lowest BCUT2D eigenvalue weighted by atomic mass is 10.0. The molecule has 4 aliphatic heterocycles. The van der Waals surface area contributed by atoms with Gasteiger partial charge >= 0.3 is 47.9 Å². The molecule has 28 nitrogen and oxygen atoms in total. The van der Waals surface area contributed by atoms with Gasteiger partial charge in [-0.3, -0.25) is 19.4 Å². The van der Waals surface area contributed by atoms with E-state index >= 15 is 0 Å². The third kappa shape index (κ3) is 26.4. The van der Waals surface area contributed by atoms with Crippen molar-refractivity contribution >= 4 is 94.1 Å². The molecule has 6 heterocycles. The minimum atomic E-state index is -1.26. The van der Waals surface area contributed by atoms with Gasteiger partial charge in [-0.15, -0.1) is 0 Å². The minimum absolute atomic E-state index is 0.245. The molecular formula is C66H88N12O16. The number of amides is 6. The summed E-state index contributed by atoms with van der Waals surface area (Å²) in [6.45, 7) is 20.6. The number of rotatable bonds is 24.